The third kappa shape index (κ3) is 5.52. The van der Waals surface area contributed by atoms with E-state index in [0.29, 0.717) is 10.7 Å². The van der Waals surface area contributed by atoms with Gasteiger partial charge in [0.15, 0.2) is 6.61 Å². The number of fused-ring (bicyclic) bond motifs is 1. The second-order valence-electron chi connectivity index (χ2n) is 7.09. The van der Waals surface area contributed by atoms with E-state index in [2.05, 4.69) is 5.32 Å². The van der Waals surface area contributed by atoms with Crippen molar-refractivity contribution in [3.8, 4) is 17.2 Å². The summed E-state index contributed by atoms with van der Waals surface area (Å²) < 4.78 is 56.7. The third-order valence-corrected chi connectivity index (χ3v) is 5.29. The van der Waals surface area contributed by atoms with Crippen molar-refractivity contribution < 1.29 is 31.9 Å². The Morgan fingerprint density at radius 1 is 0.971 bits per heavy atom. The second-order valence-corrected chi connectivity index (χ2v) is 7.91. The van der Waals surface area contributed by atoms with Crippen LogP contribution in [0.15, 0.2) is 75.9 Å². The van der Waals surface area contributed by atoms with Gasteiger partial charge < -0.3 is 19.2 Å². The van der Waals surface area contributed by atoms with Crippen LogP contribution in [0.1, 0.15) is 5.76 Å². The number of hydrogen-bond donors (Lipinski definition) is 1. The van der Waals surface area contributed by atoms with Crippen LogP contribution >= 0.6 is 23.2 Å². The maximum Gasteiger partial charge on any atom is 0.453 e. The second kappa shape index (κ2) is 9.89. The SMILES string of the molecule is O=C(COc1ccc2c(=O)c(Oc3ccccc3Cl)c(C(F)(F)F)oc2c1)Nc1ccccc1Cl. The van der Waals surface area contributed by atoms with E-state index in [1.165, 1.54) is 30.3 Å². The fourth-order valence-corrected chi connectivity index (χ4v) is 3.42. The molecule has 0 aliphatic rings. The molecule has 0 saturated carbocycles. The number of anilines is 1. The Bertz CT molecular complexity index is 1470. The van der Waals surface area contributed by atoms with Crippen molar-refractivity contribution in [1.82, 2.24) is 0 Å². The molecule has 1 aromatic heterocycles. The van der Waals surface area contributed by atoms with Gasteiger partial charge in [-0.15, -0.1) is 0 Å². The van der Waals surface area contributed by atoms with Gasteiger partial charge >= 0.3 is 6.18 Å². The van der Waals surface area contributed by atoms with Gasteiger partial charge in [0.25, 0.3) is 11.7 Å². The molecule has 180 valence electrons. The van der Waals surface area contributed by atoms with Crippen LogP contribution in [-0.4, -0.2) is 12.5 Å². The summed E-state index contributed by atoms with van der Waals surface area (Å²) in [4.78, 5) is 25.0. The third-order valence-electron chi connectivity index (χ3n) is 4.65. The van der Waals surface area contributed by atoms with Crippen LogP contribution in [-0.2, 0) is 11.0 Å². The minimum absolute atomic E-state index is 0.00264. The highest BCUT2D eigenvalue weighted by molar-refractivity contribution is 6.33. The first kappa shape index (κ1) is 24.4. The summed E-state index contributed by atoms with van der Waals surface area (Å²) in [6, 6.07) is 15.9. The molecule has 3 aromatic carbocycles. The quantitative estimate of drug-likeness (QED) is 0.296. The van der Waals surface area contributed by atoms with Crippen molar-refractivity contribution in [3.63, 3.8) is 0 Å². The van der Waals surface area contributed by atoms with Crippen molar-refractivity contribution in [2.24, 2.45) is 0 Å². The first-order valence-electron chi connectivity index (χ1n) is 9.91. The summed E-state index contributed by atoms with van der Waals surface area (Å²) in [5, 5.41) is 2.69. The molecule has 1 heterocycles. The normalized spacial score (nSPS) is 11.3. The number of carbonyl (C=O) groups is 1. The van der Waals surface area contributed by atoms with Crippen LogP contribution in [0.5, 0.6) is 17.2 Å². The van der Waals surface area contributed by atoms with E-state index in [-0.39, 0.29) is 21.9 Å². The van der Waals surface area contributed by atoms with Gasteiger partial charge in [0.05, 0.1) is 21.1 Å². The number of carbonyl (C=O) groups excluding carboxylic acids is 1. The molecule has 4 rings (SSSR count). The van der Waals surface area contributed by atoms with E-state index in [4.69, 9.17) is 37.1 Å². The molecule has 0 atom stereocenters. The molecular formula is C24H14Cl2F3NO5. The molecule has 0 radical (unpaired) electrons. The van der Waals surface area contributed by atoms with Crippen LogP contribution in [0, 0.1) is 0 Å². The number of rotatable bonds is 6. The Labute approximate surface area is 205 Å². The molecule has 0 saturated heterocycles. The lowest BCUT2D eigenvalue weighted by atomic mass is 10.2. The molecule has 35 heavy (non-hydrogen) atoms. The summed E-state index contributed by atoms with van der Waals surface area (Å²) in [5.41, 5.74) is -1.09. The number of nitrogens with one attached hydrogen (secondary N) is 1. The summed E-state index contributed by atoms with van der Waals surface area (Å²) in [5.74, 6) is -3.38. The Balaban J connectivity index is 1.62. The van der Waals surface area contributed by atoms with Gasteiger partial charge in [-0.05, 0) is 36.4 Å². The van der Waals surface area contributed by atoms with E-state index >= 15 is 0 Å². The van der Waals surface area contributed by atoms with Crippen molar-refractivity contribution in [2.45, 2.75) is 6.18 Å². The van der Waals surface area contributed by atoms with E-state index in [1.807, 2.05) is 0 Å². The predicted molar refractivity (Wildman–Crippen MR) is 125 cm³/mol. The number of para-hydroxylation sites is 2. The fourth-order valence-electron chi connectivity index (χ4n) is 3.06. The minimum atomic E-state index is -5.05. The number of halogens is 5. The van der Waals surface area contributed by atoms with Crippen molar-refractivity contribution in [3.05, 3.63) is 92.8 Å². The molecule has 11 heteroatoms. The van der Waals surface area contributed by atoms with Crippen molar-refractivity contribution in [1.29, 1.82) is 0 Å². The number of hydrogen-bond acceptors (Lipinski definition) is 5. The Hall–Kier alpha value is -3.69. The molecule has 0 bridgehead atoms. The average Bonchev–Trinajstić information content (AvgIpc) is 2.81. The highest BCUT2D eigenvalue weighted by Crippen LogP contribution is 2.39. The smallest absolute Gasteiger partial charge is 0.453 e. The zero-order chi connectivity index (χ0) is 25.2. The number of benzene rings is 3. The molecular weight excluding hydrogens is 510 g/mol. The topological polar surface area (TPSA) is 77.8 Å². The molecule has 1 N–H and O–H groups in total. The molecule has 6 nitrogen and oxygen atoms in total. The first-order valence-corrected chi connectivity index (χ1v) is 10.7. The lowest BCUT2D eigenvalue weighted by Crippen LogP contribution is -2.20. The highest BCUT2D eigenvalue weighted by Gasteiger charge is 2.40. The van der Waals surface area contributed by atoms with Crippen LogP contribution in [0.2, 0.25) is 10.0 Å². The van der Waals surface area contributed by atoms with Crippen LogP contribution in [0.25, 0.3) is 11.0 Å². The van der Waals surface area contributed by atoms with Gasteiger partial charge in [-0.25, -0.2) is 0 Å². The maximum absolute atomic E-state index is 13.7. The number of ether oxygens (including phenoxy) is 2. The van der Waals surface area contributed by atoms with Gasteiger partial charge in [0.2, 0.25) is 11.2 Å². The molecule has 0 aliphatic carbocycles. The Morgan fingerprint density at radius 2 is 1.66 bits per heavy atom. The average molecular weight is 524 g/mol. The van der Waals surface area contributed by atoms with Crippen LogP contribution < -0.4 is 20.2 Å². The summed E-state index contributed by atoms with van der Waals surface area (Å²) in [7, 11) is 0. The first-order chi connectivity index (χ1) is 16.6. The summed E-state index contributed by atoms with van der Waals surface area (Å²) in [6.45, 7) is -0.471. The maximum atomic E-state index is 13.7. The summed E-state index contributed by atoms with van der Waals surface area (Å²) in [6.07, 6.45) is -5.05. The van der Waals surface area contributed by atoms with Gasteiger partial charge in [0, 0.05) is 6.07 Å². The molecule has 0 spiro atoms. The van der Waals surface area contributed by atoms with Gasteiger partial charge in [-0.1, -0.05) is 47.5 Å². The lowest BCUT2D eigenvalue weighted by Gasteiger charge is -2.14. The van der Waals surface area contributed by atoms with Gasteiger partial charge in [-0.2, -0.15) is 13.2 Å². The zero-order valence-electron chi connectivity index (χ0n) is 17.5. The molecule has 1 amide bonds. The monoisotopic (exact) mass is 523 g/mol. The Kier molecular flexibility index (Phi) is 6.90. The molecule has 0 unspecified atom stereocenters. The Morgan fingerprint density at radius 3 is 2.34 bits per heavy atom. The van der Waals surface area contributed by atoms with E-state index < -0.39 is 41.2 Å². The lowest BCUT2D eigenvalue weighted by molar-refractivity contribution is -0.154. The highest BCUT2D eigenvalue weighted by atomic mass is 35.5. The largest absolute Gasteiger partial charge is 0.484 e. The number of amides is 1. The van der Waals surface area contributed by atoms with Crippen molar-refractivity contribution >= 4 is 45.8 Å². The predicted octanol–water partition coefficient (Wildman–Crippen LogP) is 6.93. The number of alkyl halides is 3. The fraction of sp³-hybridized carbons (Fsp3) is 0.0833. The minimum Gasteiger partial charge on any atom is -0.484 e. The van der Waals surface area contributed by atoms with Gasteiger partial charge in [0.1, 0.15) is 17.1 Å². The van der Waals surface area contributed by atoms with E-state index in [1.54, 1.807) is 30.3 Å². The van der Waals surface area contributed by atoms with Gasteiger partial charge in [-0.3, -0.25) is 9.59 Å². The molecule has 4 aromatic rings. The van der Waals surface area contributed by atoms with E-state index in [0.717, 1.165) is 6.07 Å². The zero-order valence-corrected chi connectivity index (χ0v) is 19.0. The van der Waals surface area contributed by atoms with Crippen molar-refractivity contribution in [2.75, 3.05) is 11.9 Å². The van der Waals surface area contributed by atoms with Crippen LogP contribution in [0.3, 0.4) is 0 Å². The molecule has 0 aliphatic heterocycles. The standard InChI is InChI=1S/C24H14Cl2F3NO5/c25-15-5-1-3-7-17(15)30-20(31)12-33-13-9-10-14-19(11-13)35-23(24(27,28)29)22(21(14)32)34-18-8-4-2-6-16(18)26/h1-11H,12H2,(H,30,31). The van der Waals surface area contributed by atoms with Crippen LogP contribution in [0.4, 0.5) is 18.9 Å². The van der Waals surface area contributed by atoms with E-state index in [9.17, 15) is 22.8 Å². The molecule has 0 fully saturated rings. The summed E-state index contributed by atoms with van der Waals surface area (Å²) >= 11 is 11.9.